The molecule has 0 aromatic heterocycles. The van der Waals surface area contributed by atoms with Crippen molar-refractivity contribution in [2.24, 2.45) is 0 Å². The molecule has 3 heteroatoms. The van der Waals surface area contributed by atoms with Crippen LogP contribution in [0.15, 0.2) is 30.3 Å². The normalized spacial score (nSPS) is 14.5. The minimum atomic E-state index is -0.202. The van der Waals surface area contributed by atoms with E-state index >= 15 is 0 Å². The van der Waals surface area contributed by atoms with Gasteiger partial charge in [-0.3, -0.25) is 0 Å². The zero-order valence-electron chi connectivity index (χ0n) is 12.3. The predicted octanol–water partition coefficient (Wildman–Crippen LogP) is 5.01. The van der Waals surface area contributed by atoms with Gasteiger partial charge < -0.3 is 5.32 Å². The fourth-order valence-electron chi connectivity index (χ4n) is 2.57. The highest BCUT2D eigenvalue weighted by Crippen LogP contribution is 2.32. The van der Waals surface area contributed by atoms with Crippen molar-refractivity contribution in [1.29, 1.82) is 0 Å². The van der Waals surface area contributed by atoms with E-state index in [0.717, 1.165) is 39.4 Å². The SMILES string of the molecule is Cc1cc(-c2cc(F)ccc2CNC2CC2)c(C)cc1Cl. The van der Waals surface area contributed by atoms with Crippen molar-refractivity contribution < 1.29 is 4.39 Å². The van der Waals surface area contributed by atoms with Crippen LogP contribution in [-0.2, 0) is 6.54 Å². The Morgan fingerprint density at radius 3 is 2.57 bits per heavy atom. The maximum absolute atomic E-state index is 13.7. The van der Waals surface area contributed by atoms with Gasteiger partial charge in [-0.15, -0.1) is 0 Å². The van der Waals surface area contributed by atoms with Gasteiger partial charge in [0, 0.05) is 17.6 Å². The molecule has 0 atom stereocenters. The van der Waals surface area contributed by atoms with Gasteiger partial charge in [-0.05, 0) is 78.8 Å². The van der Waals surface area contributed by atoms with Crippen LogP contribution in [0.2, 0.25) is 5.02 Å². The van der Waals surface area contributed by atoms with Crippen molar-refractivity contribution in [3.8, 4) is 11.1 Å². The van der Waals surface area contributed by atoms with Crippen molar-refractivity contribution in [1.82, 2.24) is 5.32 Å². The summed E-state index contributed by atoms with van der Waals surface area (Å²) in [7, 11) is 0. The quantitative estimate of drug-likeness (QED) is 0.836. The molecule has 1 saturated carbocycles. The average Bonchev–Trinajstić information content (AvgIpc) is 3.25. The van der Waals surface area contributed by atoms with Gasteiger partial charge in [-0.1, -0.05) is 17.7 Å². The molecule has 0 amide bonds. The Morgan fingerprint density at radius 1 is 1.10 bits per heavy atom. The van der Waals surface area contributed by atoms with Gasteiger partial charge in [0.2, 0.25) is 0 Å². The largest absolute Gasteiger partial charge is 0.310 e. The highest BCUT2D eigenvalue weighted by molar-refractivity contribution is 6.31. The van der Waals surface area contributed by atoms with E-state index in [9.17, 15) is 4.39 Å². The Bertz CT molecular complexity index is 677. The number of hydrogen-bond acceptors (Lipinski definition) is 1. The smallest absolute Gasteiger partial charge is 0.123 e. The minimum Gasteiger partial charge on any atom is -0.310 e. The van der Waals surface area contributed by atoms with Crippen LogP contribution in [-0.4, -0.2) is 6.04 Å². The average molecular weight is 304 g/mol. The van der Waals surface area contributed by atoms with E-state index < -0.39 is 0 Å². The van der Waals surface area contributed by atoms with Gasteiger partial charge >= 0.3 is 0 Å². The third kappa shape index (κ3) is 3.28. The lowest BCUT2D eigenvalue weighted by atomic mass is 9.94. The number of aryl methyl sites for hydroxylation is 2. The molecule has 0 radical (unpaired) electrons. The molecule has 2 aromatic rings. The number of nitrogens with one attached hydrogen (secondary N) is 1. The molecule has 0 unspecified atom stereocenters. The maximum atomic E-state index is 13.7. The molecule has 1 aliphatic rings. The zero-order chi connectivity index (χ0) is 15.0. The van der Waals surface area contributed by atoms with Gasteiger partial charge in [-0.25, -0.2) is 4.39 Å². The first kappa shape index (κ1) is 14.6. The van der Waals surface area contributed by atoms with Crippen LogP contribution in [0.5, 0.6) is 0 Å². The van der Waals surface area contributed by atoms with Crippen molar-refractivity contribution in [2.45, 2.75) is 39.3 Å². The number of benzene rings is 2. The number of rotatable bonds is 4. The van der Waals surface area contributed by atoms with Gasteiger partial charge in [0.1, 0.15) is 5.82 Å². The second-order valence-electron chi connectivity index (χ2n) is 5.87. The van der Waals surface area contributed by atoms with Crippen LogP contribution in [0.3, 0.4) is 0 Å². The third-order valence-corrected chi connectivity index (χ3v) is 4.43. The minimum absolute atomic E-state index is 0.202. The lowest BCUT2D eigenvalue weighted by Crippen LogP contribution is -2.16. The first-order valence-corrected chi connectivity index (χ1v) is 7.71. The zero-order valence-corrected chi connectivity index (χ0v) is 13.1. The Balaban J connectivity index is 2.02. The second-order valence-corrected chi connectivity index (χ2v) is 6.28. The third-order valence-electron chi connectivity index (χ3n) is 4.03. The van der Waals surface area contributed by atoms with E-state index in [1.807, 2.05) is 32.0 Å². The molecule has 1 N–H and O–H groups in total. The molecule has 0 heterocycles. The highest BCUT2D eigenvalue weighted by atomic mass is 35.5. The maximum Gasteiger partial charge on any atom is 0.123 e. The van der Waals surface area contributed by atoms with Crippen molar-refractivity contribution >= 4 is 11.6 Å². The summed E-state index contributed by atoms with van der Waals surface area (Å²) in [5.74, 6) is -0.202. The van der Waals surface area contributed by atoms with Crippen LogP contribution in [0.1, 0.15) is 29.5 Å². The summed E-state index contributed by atoms with van der Waals surface area (Å²) in [5, 5.41) is 4.25. The summed E-state index contributed by atoms with van der Waals surface area (Å²) in [4.78, 5) is 0. The second kappa shape index (κ2) is 5.78. The Hall–Kier alpha value is -1.38. The van der Waals surface area contributed by atoms with Crippen LogP contribution in [0.4, 0.5) is 4.39 Å². The summed E-state index contributed by atoms with van der Waals surface area (Å²) in [6, 6.07) is 9.67. The molecular weight excluding hydrogens is 285 g/mol. The molecule has 1 fully saturated rings. The molecule has 3 rings (SSSR count). The van der Waals surface area contributed by atoms with Crippen molar-refractivity contribution in [3.63, 3.8) is 0 Å². The van der Waals surface area contributed by atoms with Gasteiger partial charge in [0.05, 0.1) is 0 Å². The van der Waals surface area contributed by atoms with Gasteiger partial charge in [0.25, 0.3) is 0 Å². The van der Waals surface area contributed by atoms with E-state index in [0.29, 0.717) is 6.04 Å². The summed E-state index contributed by atoms with van der Waals surface area (Å²) >= 11 is 6.17. The summed E-state index contributed by atoms with van der Waals surface area (Å²) in [6.07, 6.45) is 2.49. The molecule has 1 aliphatic carbocycles. The first-order chi connectivity index (χ1) is 10.0. The number of halogens is 2. The Morgan fingerprint density at radius 2 is 1.86 bits per heavy atom. The molecular formula is C18H19ClFN. The van der Waals surface area contributed by atoms with E-state index in [1.165, 1.54) is 18.9 Å². The Kier molecular flexibility index (Phi) is 4.01. The summed E-state index contributed by atoms with van der Waals surface area (Å²) in [5.41, 5.74) is 5.24. The van der Waals surface area contributed by atoms with E-state index in [1.54, 1.807) is 6.07 Å². The first-order valence-electron chi connectivity index (χ1n) is 7.33. The van der Waals surface area contributed by atoms with E-state index in [2.05, 4.69) is 5.32 Å². The molecule has 1 nitrogen and oxygen atoms in total. The molecule has 110 valence electrons. The molecule has 21 heavy (non-hydrogen) atoms. The van der Waals surface area contributed by atoms with E-state index in [4.69, 9.17) is 11.6 Å². The fraction of sp³-hybridized carbons (Fsp3) is 0.333. The standard InChI is InChI=1S/C18H19ClFN/c1-11-8-18(19)12(2)7-16(11)17-9-14(20)4-3-13(17)10-21-15-5-6-15/h3-4,7-9,15,21H,5-6,10H2,1-2H3. The Labute approximate surface area is 130 Å². The van der Waals surface area contributed by atoms with Crippen LogP contribution in [0.25, 0.3) is 11.1 Å². The summed E-state index contributed by atoms with van der Waals surface area (Å²) < 4.78 is 13.7. The van der Waals surface area contributed by atoms with Crippen LogP contribution >= 0.6 is 11.6 Å². The molecule has 0 bridgehead atoms. The lowest BCUT2D eigenvalue weighted by molar-refractivity contribution is 0.625. The van der Waals surface area contributed by atoms with Gasteiger partial charge in [0.15, 0.2) is 0 Å². The van der Waals surface area contributed by atoms with Gasteiger partial charge in [-0.2, -0.15) is 0 Å². The van der Waals surface area contributed by atoms with Crippen molar-refractivity contribution in [2.75, 3.05) is 0 Å². The van der Waals surface area contributed by atoms with E-state index in [-0.39, 0.29) is 5.82 Å². The molecule has 0 aliphatic heterocycles. The molecule has 0 saturated heterocycles. The fourth-order valence-corrected chi connectivity index (χ4v) is 2.78. The summed E-state index contributed by atoms with van der Waals surface area (Å²) in [6.45, 7) is 4.78. The number of hydrogen-bond donors (Lipinski definition) is 1. The van der Waals surface area contributed by atoms with Crippen molar-refractivity contribution in [3.05, 3.63) is 57.9 Å². The van der Waals surface area contributed by atoms with Crippen LogP contribution in [0, 0.1) is 19.7 Å². The lowest BCUT2D eigenvalue weighted by Gasteiger charge is -2.14. The molecule has 0 spiro atoms. The predicted molar refractivity (Wildman–Crippen MR) is 86.2 cm³/mol. The monoisotopic (exact) mass is 303 g/mol. The van der Waals surface area contributed by atoms with Crippen LogP contribution < -0.4 is 5.32 Å². The molecule has 2 aromatic carbocycles. The highest BCUT2D eigenvalue weighted by Gasteiger charge is 2.21. The topological polar surface area (TPSA) is 12.0 Å².